The van der Waals surface area contributed by atoms with Gasteiger partial charge in [-0.15, -0.1) is 11.3 Å². The number of furan rings is 1. The van der Waals surface area contributed by atoms with E-state index < -0.39 is 0 Å². The molecular formula is C92H62BN3OS. The topological polar surface area (TPSA) is 22.9 Å². The van der Waals surface area contributed by atoms with Crippen molar-refractivity contribution in [2.24, 2.45) is 0 Å². The SMILES string of the molecule is CN(C)c1cc2c3c(c1)N(c1ccc(-c4ccccc4)cc1-c1ccccc1)c1cc(-c4cccc(-c5ccccc5)c4)c4c(sc5ccccc54)c1B3c1c(cc(-c3cccc(-c4ccccc4)c3)c3c1oc1ccccc13)N2c1ccc(-c2ccccc2)cc1-c1ccccc1. The van der Waals surface area contributed by atoms with Crippen molar-refractivity contribution < 1.29 is 4.42 Å². The summed E-state index contributed by atoms with van der Waals surface area (Å²) in [5.41, 5.74) is 31.2. The highest BCUT2D eigenvalue weighted by Gasteiger charge is 2.48. The first-order valence-corrected chi connectivity index (χ1v) is 34.5. The quantitative estimate of drug-likeness (QED) is 0.120. The van der Waals surface area contributed by atoms with Crippen LogP contribution >= 0.6 is 11.3 Å². The van der Waals surface area contributed by atoms with E-state index in [4.69, 9.17) is 4.42 Å². The molecule has 0 unspecified atom stereocenters. The lowest BCUT2D eigenvalue weighted by Crippen LogP contribution is -2.61. The maximum Gasteiger partial charge on any atom is 0.258 e. The van der Waals surface area contributed by atoms with Gasteiger partial charge in [-0.2, -0.15) is 0 Å². The van der Waals surface area contributed by atoms with Gasteiger partial charge >= 0.3 is 0 Å². The zero-order chi connectivity index (χ0) is 65.0. The molecule has 0 aliphatic carbocycles. The van der Waals surface area contributed by atoms with E-state index in [0.29, 0.717) is 0 Å². The number of anilines is 7. The standard InChI is InChI=1S/C92H62BN3OS/c1-94(2)71-55-80-88-81(56-71)96(79-50-48-68(62-33-15-6-16-34-62)54-75(79)64-37-19-8-20-38-64)83-58-77(70-42-26-40-66(52-70)60-29-11-4-12-30-60)87-73-44-22-24-46-85(73)98-92(87)90(83)93(88)89-82(95(80)78-49-47-67(61-31-13-5-14-32-61)53-74(78)63-35-17-7-18-36-63)57-76(86-72-43-21-23-45-84(72)97-91(86)89)69-41-25-39-65(51-69)59-27-9-3-10-28-59/h3-58H,1-2H3. The van der Waals surface area contributed by atoms with E-state index in [0.717, 1.165) is 140 Å². The van der Waals surface area contributed by atoms with Crippen molar-refractivity contribution in [2.75, 3.05) is 28.8 Å². The van der Waals surface area contributed by atoms with Gasteiger partial charge in [0.25, 0.3) is 6.71 Å². The number of benzene rings is 15. The fourth-order valence-electron chi connectivity index (χ4n) is 15.7. The van der Waals surface area contributed by atoms with Gasteiger partial charge in [0.2, 0.25) is 0 Å². The molecule has 0 N–H and O–H groups in total. The molecule has 98 heavy (non-hydrogen) atoms. The Hall–Kier alpha value is -12.2. The summed E-state index contributed by atoms with van der Waals surface area (Å²) >= 11 is 1.92. The second-order valence-electron chi connectivity index (χ2n) is 26.0. The third-order valence-corrected chi connectivity index (χ3v) is 21.4. The van der Waals surface area contributed by atoms with Crippen molar-refractivity contribution in [1.29, 1.82) is 0 Å². The zero-order valence-electron chi connectivity index (χ0n) is 54.1. The van der Waals surface area contributed by atoms with E-state index in [-0.39, 0.29) is 6.71 Å². The lowest BCUT2D eigenvalue weighted by Gasteiger charge is -2.45. The average molecular weight is 1270 g/mol. The molecule has 15 aromatic carbocycles. The first-order chi connectivity index (χ1) is 48.5. The summed E-state index contributed by atoms with van der Waals surface area (Å²) in [5.74, 6) is 0. The van der Waals surface area contributed by atoms with Gasteiger partial charge in [0.15, 0.2) is 0 Å². The molecular weight excluding hydrogens is 1210 g/mol. The third kappa shape index (κ3) is 9.35. The predicted octanol–water partition coefficient (Wildman–Crippen LogP) is 23.4. The van der Waals surface area contributed by atoms with Gasteiger partial charge in [-0.3, -0.25) is 0 Å². The molecule has 0 saturated carbocycles. The number of nitrogens with zero attached hydrogens (tertiary/aromatic N) is 3. The maximum absolute atomic E-state index is 7.81. The van der Waals surface area contributed by atoms with E-state index in [2.05, 4.69) is 369 Å². The molecule has 0 amide bonds. The first-order valence-electron chi connectivity index (χ1n) is 33.7. The first kappa shape index (κ1) is 57.3. The van der Waals surface area contributed by atoms with Crippen LogP contribution in [-0.4, -0.2) is 20.8 Å². The molecule has 0 saturated heterocycles. The van der Waals surface area contributed by atoms with Crippen LogP contribution in [0.15, 0.2) is 344 Å². The molecule has 4 nitrogen and oxygen atoms in total. The summed E-state index contributed by atoms with van der Waals surface area (Å²) in [5, 5.41) is 4.65. The second kappa shape index (κ2) is 23.3. The van der Waals surface area contributed by atoms with Gasteiger partial charge in [-0.05, 0) is 167 Å². The van der Waals surface area contributed by atoms with Gasteiger partial charge < -0.3 is 19.1 Å². The van der Waals surface area contributed by atoms with Gasteiger partial charge in [-0.1, -0.05) is 267 Å². The minimum Gasteiger partial charge on any atom is -0.456 e. The Balaban J connectivity index is 1.01. The molecule has 4 heterocycles. The summed E-state index contributed by atoms with van der Waals surface area (Å²) in [7, 11) is 4.38. The number of thiophene rings is 1. The van der Waals surface area contributed by atoms with Crippen molar-refractivity contribution in [1.82, 2.24) is 0 Å². The normalized spacial score (nSPS) is 12.3. The number of para-hydroxylation sites is 1. The van der Waals surface area contributed by atoms with Crippen LogP contribution in [0.4, 0.5) is 39.8 Å². The molecule has 2 aliphatic rings. The van der Waals surface area contributed by atoms with Crippen LogP contribution in [0.1, 0.15) is 0 Å². The van der Waals surface area contributed by atoms with E-state index >= 15 is 0 Å². The lowest BCUT2D eigenvalue weighted by molar-refractivity contribution is 0.671. The Morgan fingerprint density at radius 1 is 0.286 bits per heavy atom. The van der Waals surface area contributed by atoms with Crippen molar-refractivity contribution in [3.63, 3.8) is 0 Å². The highest BCUT2D eigenvalue weighted by molar-refractivity contribution is 7.28. The van der Waals surface area contributed by atoms with Crippen LogP contribution in [0.5, 0.6) is 0 Å². The smallest absolute Gasteiger partial charge is 0.258 e. The van der Waals surface area contributed by atoms with Crippen LogP contribution in [0.2, 0.25) is 0 Å². The van der Waals surface area contributed by atoms with Crippen molar-refractivity contribution in [3.05, 3.63) is 340 Å². The van der Waals surface area contributed by atoms with Crippen LogP contribution in [0, 0.1) is 0 Å². The van der Waals surface area contributed by atoms with Gasteiger partial charge in [0.1, 0.15) is 11.2 Å². The van der Waals surface area contributed by atoms with Crippen LogP contribution in [0.3, 0.4) is 0 Å². The number of fused-ring (bicyclic) bond motifs is 12. The largest absolute Gasteiger partial charge is 0.456 e. The molecule has 2 aliphatic heterocycles. The fourth-order valence-corrected chi connectivity index (χ4v) is 17.0. The molecule has 2 aromatic heterocycles. The molecule has 17 aromatic rings. The molecule has 0 spiro atoms. The summed E-state index contributed by atoms with van der Waals surface area (Å²) < 4.78 is 10.3. The van der Waals surface area contributed by atoms with Crippen molar-refractivity contribution >= 4 is 116 Å². The molecule has 0 bridgehead atoms. The molecule has 19 rings (SSSR count). The highest BCUT2D eigenvalue weighted by Crippen LogP contribution is 2.55. The van der Waals surface area contributed by atoms with Crippen LogP contribution in [-0.2, 0) is 0 Å². The highest BCUT2D eigenvalue weighted by atomic mass is 32.1. The fraction of sp³-hybridized carbons (Fsp3) is 0.0217. The average Bonchev–Trinajstić information content (AvgIpc) is 1.14. The molecule has 0 fully saturated rings. The van der Waals surface area contributed by atoms with Crippen molar-refractivity contribution in [3.8, 4) is 89.0 Å². The zero-order valence-corrected chi connectivity index (χ0v) is 54.9. The Bertz CT molecular complexity index is 5610. The summed E-state index contributed by atoms with van der Waals surface area (Å²) in [6, 6.07) is 126. The van der Waals surface area contributed by atoms with Crippen molar-refractivity contribution in [2.45, 2.75) is 0 Å². The van der Waals surface area contributed by atoms with E-state index in [1.807, 2.05) is 11.3 Å². The van der Waals surface area contributed by atoms with E-state index in [1.54, 1.807) is 0 Å². The molecule has 0 radical (unpaired) electrons. The van der Waals surface area contributed by atoms with Crippen LogP contribution in [0.25, 0.3) is 131 Å². The van der Waals surface area contributed by atoms with Gasteiger partial charge in [-0.25, -0.2) is 0 Å². The Labute approximate surface area is 574 Å². The number of hydrogen-bond donors (Lipinski definition) is 0. The van der Waals surface area contributed by atoms with Gasteiger partial charge in [0, 0.05) is 84.6 Å². The summed E-state index contributed by atoms with van der Waals surface area (Å²) in [6.07, 6.45) is 0. The summed E-state index contributed by atoms with van der Waals surface area (Å²) in [6.45, 7) is -0.366. The monoisotopic (exact) mass is 1270 g/mol. The molecule has 0 atom stereocenters. The van der Waals surface area contributed by atoms with Gasteiger partial charge in [0.05, 0.1) is 11.4 Å². The lowest BCUT2D eigenvalue weighted by atomic mass is 9.33. The predicted molar refractivity (Wildman–Crippen MR) is 418 cm³/mol. The Kier molecular flexibility index (Phi) is 13.6. The minimum atomic E-state index is -0.366. The minimum absolute atomic E-state index is 0.366. The summed E-state index contributed by atoms with van der Waals surface area (Å²) in [4.78, 5) is 7.57. The maximum atomic E-state index is 7.81. The Morgan fingerprint density at radius 3 is 1.16 bits per heavy atom. The number of hydrogen-bond acceptors (Lipinski definition) is 5. The van der Waals surface area contributed by atoms with Crippen LogP contribution < -0.4 is 31.1 Å². The molecule has 6 heteroatoms. The number of rotatable bonds is 11. The van der Waals surface area contributed by atoms with E-state index in [9.17, 15) is 0 Å². The molecule has 460 valence electrons. The van der Waals surface area contributed by atoms with E-state index in [1.165, 1.54) is 47.8 Å². The third-order valence-electron chi connectivity index (χ3n) is 20.2. The Morgan fingerprint density at radius 2 is 0.673 bits per heavy atom. The second-order valence-corrected chi connectivity index (χ2v) is 27.1.